The number of imidazole rings is 1. The molecule has 0 radical (unpaired) electrons. The number of fused-ring (bicyclic) bond motifs is 2. The number of benzene rings is 2. The zero-order valence-corrected chi connectivity index (χ0v) is 21.2. The lowest BCUT2D eigenvalue weighted by atomic mass is 10.2. The zero-order chi connectivity index (χ0) is 25.0. The summed E-state index contributed by atoms with van der Waals surface area (Å²) in [5, 5.41) is 3.93. The summed E-state index contributed by atoms with van der Waals surface area (Å²) in [6, 6.07) is 14.6. The van der Waals surface area contributed by atoms with Gasteiger partial charge in [0.15, 0.2) is 0 Å². The van der Waals surface area contributed by atoms with Gasteiger partial charge in [0.05, 0.1) is 27.1 Å². The van der Waals surface area contributed by atoms with Gasteiger partial charge in [-0.1, -0.05) is 39.0 Å². The third kappa shape index (κ3) is 5.06. The molecule has 2 aromatic heterocycles. The summed E-state index contributed by atoms with van der Waals surface area (Å²) in [5.41, 5.74) is 2.93. The quantitative estimate of drug-likeness (QED) is 0.348. The standard InChI is InChI=1S/C26H31N5O3S/c1-4-17-31-23-13-12-20(35(33,34)30(5-2)6-3)18-22(23)28-24(31)14-15-25(32)29-21-11-7-9-19-10-8-16-27-26(19)21/h7-13,16,18H,4-6,14-15,17H2,1-3H3,(H,29,32). The summed E-state index contributed by atoms with van der Waals surface area (Å²) in [5.74, 6) is 0.647. The Hall–Kier alpha value is -3.30. The van der Waals surface area contributed by atoms with E-state index in [0.717, 1.165) is 35.2 Å². The topological polar surface area (TPSA) is 97.2 Å². The van der Waals surface area contributed by atoms with E-state index >= 15 is 0 Å². The van der Waals surface area contributed by atoms with Crippen molar-refractivity contribution in [2.45, 2.75) is 51.5 Å². The van der Waals surface area contributed by atoms with E-state index in [-0.39, 0.29) is 17.2 Å². The van der Waals surface area contributed by atoms with Crippen LogP contribution in [0.4, 0.5) is 5.69 Å². The van der Waals surface area contributed by atoms with Crippen molar-refractivity contribution in [3.63, 3.8) is 0 Å². The van der Waals surface area contributed by atoms with Gasteiger partial charge in [-0.15, -0.1) is 0 Å². The smallest absolute Gasteiger partial charge is 0.243 e. The van der Waals surface area contributed by atoms with Crippen LogP contribution in [0, 0.1) is 0 Å². The highest BCUT2D eigenvalue weighted by Gasteiger charge is 2.23. The molecule has 8 nitrogen and oxygen atoms in total. The van der Waals surface area contributed by atoms with Crippen molar-refractivity contribution in [2.24, 2.45) is 0 Å². The first-order valence-electron chi connectivity index (χ1n) is 12.0. The molecule has 4 aromatic rings. The third-order valence-corrected chi connectivity index (χ3v) is 8.12. The maximum absolute atomic E-state index is 13.0. The molecule has 0 unspecified atom stereocenters. The molecule has 1 N–H and O–H groups in total. The molecule has 4 rings (SSSR count). The van der Waals surface area contributed by atoms with Crippen molar-refractivity contribution in [3.8, 4) is 0 Å². The molecule has 9 heteroatoms. The van der Waals surface area contributed by atoms with Crippen molar-refractivity contribution in [3.05, 3.63) is 60.6 Å². The minimum absolute atomic E-state index is 0.122. The largest absolute Gasteiger partial charge is 0.328 e. The number of hydrogen-bond acceptors (Lipinski definition) is 5. The first kappa shape index (κ1) is 24.8. The minimum Gasteiger partial charge on any atom is -0.328 e. The van der Waals surface area contributed by atoms with Gasteiger partial charge in [-0.25, -0.2) is 13.4 Å². The summed E-state index contributed by atoms with van der Waals surface area (Å²) in [4.78, 5) is 22.1. The molecule has 0 fully saturated rings. The molecule has 35 heavy (non-hydrogen) atoms. The van der Waals surface area contributed by atoms with Gasteiger partial charge in [0.1, 0.15) is 5.82 Å². The number of aromatic nitrogens is 3. The van der Waals surface area contributed by atoms with Crippen LogP contribution in [0.25, 0.3) is 21.9 Å². The van der Waals surface area contributed by atoms with Gasteiger partial charge in [0.2, 0.25) is 15.9 Å². The number of amides is 1. The maximum atomic E-state index is 13.0. The highest BCUT2D eigenvalue weighted by molar-refractivity contribution is 7.89. The Morgan fingerprint density at radius 3 is 2.57 bits per heavy atom. The highest BCUT2D eigenvalue weighted by atomic mass is 32.2. The van der Waals surface area contributed by atoms with Gasteiger partial charge >= 0.3 is 0 Å². The fourth-order valence-corrected chi connectivity index (χ4v) is 5.82. The number of aryl methyl sites for hydroxylation is 2. The van der Waals surface area contributed by atoms with E-state index in [1.54, 1.807) is 18.3 Å². The van der Waals surface area contributed by atoms with Crippen LogP contribution in [0.2, 0.25) is 0 Å². The normalized spacial score (nSPS) is 12.0. The number of carbonyl (C=O) groups excluding carboxylic acids is 1. The van der Waals surface area contributed by atoms with Crippen molar-refractivity contribution in [1.29, 1.82) is 0 Å². The zero-order valence-electron chi connectivity index (χ0n) is 20.4. The van der Waals surface area contributed by atoms with E-state index < -0.39 is 10.0 Å². The van der Waals surface area contributed by atoms with Gasteiger partial charge in [0, 0.05) is 44.1 Å². The van der Waals surface area contributed by atoms with E-state index in [1.807, 2.05) is 50.2 Å². The predicted octanol–water partition coefficient (Wildman–Crippen LogP) is 4.60. The summed E-state index contributed by atoms with van der Waals surface area (Å²) >= 11 is 0. The average molecular weight is 494 g/mol. The van der Waals surface area contributed by atoms with Gasteiger partial charge in [0.25, 0.3) is 0 Å². The van der Waals surface area contributed by atoms with Gasteiger partial charge in [-0.3, -0.25) is 9.78 Å². The van der Waals surface area contributed by atoms with Crippen LogP contribution in [0.15, 0.2) is 59.6 Å². The number of pyridine rings is 1. The number of anilines is 1. The van der Waals surface area contributed by atoms with E-state index in [2.05, 4.69) is 21.8 Å². The lowest BCUT2D eigenvalue weighted by Gasteiger charge is -2.18. The summed E-state index contributed by atoms with van der Waals surface area (Å²) in [6.45, 7) is 7.29. The second-order valence-electron chi connectivity index (χ2n) is 8.35. The lowest BCUT2D eigenvalue weighted by molar-refractivity contribution is -0.116. The van der Waals surface area contributed by atoms with Crippen LogP contribution in [-0.4, -0.2) is 46.3 Å². The van der Waals surface area contributed by atoms with Gasteiger partial charge in [-0.05, 0) is 36.8 Å². The molecule has 1 amide bonds. The third-order valence-electron chi connectivity index (χ3n) is 6.07. The van der Waals surface area contributed by atoms with Crippen LogP contribution in [0.5, 0.6) is 0 Å². The monoisotopic (exact) mass is 493 g/mol. The number of hydrogen-bond donors (Lipinski definition) is 1. The molecule has 2 heterocycles. The molecular formula is C26H31N5O3S. The molecule has 0 aliphatic rings. The second kappa shape index (κ2) is 10.5. The molecule has 0 aliphatic heterocycles. The first-order valence-corrected chi connectivity index (χ1v) is 13.5. The Morgan fingerprint density at radius 1 is 1.06 bits per heavy atom. The van der Waals surface area contributed by atoms with Crippen molar-refractivity contribution in [2.75, 3.05) is 18.4 Å². The molecule has 0 saturated carbocycles. The molecule has 0 aliphatic carbocycles. The van der Waals surface area contributed by atoms with Crippen molar-refractivity contribution in [1.82, 2.24) is 18.8 Å². The summed E-state index contributed by atoms with van der Waals surface area (Å²) in [6.07, 6.45) is 3.29. The molecule has 0 atom stereocenters. The average Bonchev–Trinajstić information content (AvgIpc) is 3.20. The van der Waals surface area contributed by atoms with E-state index in [4.69, 9.17) is 4.98 Å². The van der Waals surface area contributed by atoms with E-state index in [1.165, 1.54) is 4.31 Å². The number of sulfonamides is 1. The fourth-order valence-electron chi connectivity index (χ4n) is 4.34. The first-order chi connectivity index (χ1) is 16.9. The van der Waals surface area contributed by atoms with Crippen molar-refractivity contribution < 1.29 is 13.2 Å². The predicted molar refractivity (Wildman–Crippen MR) is 139 cm³/mol. The Morgan fingerprint density at radius 2 is 1.83 bits per heavy atom. The molecule has 0 bridgehead atoms. The van der Waals surface area contributed by atoms with E-state index in [9.17, 15) is 13.2 Å². The molecule has 0 saturated heterocycles. The van der Waals surface area contributed by atoms with Crippen LogP contribution in [0.3, 0.4) is 0 Å². The van der Waals surface area contributed by atoms with Crippen molar-refractivity contribution >= 4 is 43.6 Å². The SMILES string of the molecule is CCCn1c(CCC(=O)Nc2cccc3cccnc23)nc2cc(S(=O)(=O)N(CC)CC)ccc21. The van der Waals surface area contributed by atoms with Gasteiger partial charge in [-0.2, -0.15) is 4.31 Å². The van der Waals surface area contributed by atoms with Crippen LogP contribution >= 0.6 is 0 Å². The maximum Gasteiger partial charge on any atom is 0.243 e. The lowest BCUT2D eigenvalue weighted by Crippen LogP contribution is -2.30. The molecule has 0 spiro atoms. The van der Waals surface area contributed by atoms with Crippen LogP contribution in [-0.2, 0) is 27.8 Å². The van der Waals surface area contributed by atoms with E-state index in [0.29, 0.717) is 30.7 Å². The minimum atomic E-state index is -3.57. The Kier molecular flexibility index (Phi) is 7.47. The Bertz CT molecular complexity index is 1450. The number of nitrogens with one attached hydrogen (secondary N) is 1. The second-order valence-corrected chi connectivity index (χ2v) is 10.3. The number of para-hydroxylation sites is 1. The number of carbonyl (C=O) groups is 1. The molecule has 184 valence electrons. The number of rotatable bonds is 10. The Balaban J connectivity index is 1.57. The summed E-state index contributed by atoms with van der Waals surface area (Å²) in [7, 11) is -3.57. The molecule has 2 aromatic carbocycles. The fraction of sp³-hybridized carbons (Fsp3) is 0.346. The van der Waals surface area contributed by atoms with Crippen LogP contribution in [0.1, 0.15) is 39.4 Å². The highest BCUT2D eigenvalue weighted by Crippen LogP contribution is 2.25. The Labute approximate surface area is 206 Å². The van der Waals surface area contributed by atoms with Crippen LogP contribution < -0.4 is 5.32 Å². The van der Waals surface area contributed by atoms with Gasteiger partial charge < -0.3 is 9.88 Å². The number of nitrogens with zero attached hydrogens (tertiary/aromatic N) is 4. The molecular weight excluding hydrogens is 462 g/mol. The summed E-state index contributed by atoms with van der Waals surface area (Å²) < 4.78 is 29.5.